The van der Waals surface area contributed by atoms with Crippen molar-refractivity contribution >= 4 is 46.6 Å². The van der Waals surface area contributed by atoms with Crippen molar-refractivity contribution in [2.75, 3.05) is 6.54 Å². The van der Waals surface area contributed by atoms with Crippen LogP contribution in [0.1, 0.15) is 24.5 Å². The van der Waals surface area contributed by atoms with Gasteiger partial charge in [0.15, 0.2) is 0 Å². The highest BCUT2D eigenvalue weighted by Gasteiger charge is 2.31. The molecule has 2 heterocycles. The summed E-state index contributed by atoms with van der Waals surface area (Å²) in [6.45, 7) is 2.65. The minimum Gasteiger partial charge on any atom is -0.350 e. The van der Waals surface area contributed by atoms with E-state index in [2.05, 4.69) is 67.9 Å². The molecule has 0 aliphatic carbocycles. The Bertz CT molecular complexity index is 1410. The SMILES string of the molecule is C[C@H](NC(=O)[C@H]1C[C@H](Cc2cccc3ccccc23)CN1)C(=O)NCc1cc(Cl)ccc1-n1cnnn1.Cl. The monoisotopic (exact) mass is 553 g/mol. The number of carbonyl (C=O) groups is 2. The Morgan fingerprint density at radius 3 is 2.76 bits per heavy atom. The fourth-order valence-electron chi connectivity index (χ4n) is 4.85. The standard InChI is InChI=1S/C27H28ClN7O2.ClH/c1-17(26(36)30-15-21-13-22(28)9-10-25(21)35-16-31-33-34-35)32-27(37)24-12-18(14-29-24)11-20-7-4-6-19-5-2-3-8-23(19)20;/h2-10,13,16-18,24,29H,11-12,14-15H2,1H3,(H,30,36)(H,32,37);1H/t17-,18-,24+;/m0./s1. The highest BCUT2D eigenvalue weighted by atomic mass is 35.5. The third-order valence-electron chi connectivity index (χ3n) is 6.77. The van der Waals surface area contributed by atoms with Gasteiger partial charge in [-0.1, -0.05) is 54.1 Å². The van der Waals surface area contributed by atoms with Gasteiger partial charge in [0.25, 0.3) is 0 Å². The van der Waals surface area contributed by atoms with E-state index in [1.54, 1.807) is 25.1 Å². The van der Waals surface area contributed by atoms with Crippen LogP contribution in [0.4, 0.5) is 0 Å². The second-order valence-electron chi connectivity index (χ2n) is 9.38. The zero-order valence-corrected chi connectivity index (χ0v) is 22.4. The zero-order valence-electron chi connectivity index (χ0n) is 20.8. The fourth-order valence-corrected chi connectivity index (χ4v) is 5.05. The molecule has 1 aliphatic rings. The number of tetrazole rings is 1. The van der Waals surface area contributed by atoms with E-state index in [9.17, 15) is 9.59 Å². The summed E-state index contributed by atoms with van der Waals surface area (Å²) >= 11 is 6.15. The van der Waals surface area contributed by atoms with Crippen molar-refractivity contribution in [2.45, 2.75) is 38.4 Å². The summed E-state index contributed by atoms with van der Waals surface area (Å²) in [5.74, 6) is -0.111. The molecule has 198 valence electrons. The Morgan fingerprint density at radius 1 is 1.13 bits per heavy atom. The van der Waals surface area contributed by atoms with Crippen LogP contribution in [-0.2, 0) is 22.6 Å². The molecule has 5 rings (SSSR count). The second kappa shape index (κ2) is 12.3. The summed E-state index contributed by atoms with van der Waals surface area (Å²) < 4.78 is 1.50. The lowest BCUT2D eigenvalue weighted by Gasteiger charge is -2.18. The molecule has 11 heteroatoms. The summed E-state index contributed by atoms with van der Waals surface area (Å²) in [5.41, 5.74) is 2.75. The van der Waals surface area contributed by atoms with Crippen molar-refractivity contribution in [3.05, 3.63) is 83.1 Å². The summed E-state index contributed by atoms with van der Waals surface area (Å²) in [6.07, 6.45) is 3.10. The largest absolute Gasteiger partial charge is 0.350 e. The predicted octanol–water partition coefficient (Wildman–Crippen LogP) is 3.23. The molecule has 1 fully saturated rings. The van der Waals surface area contributed by atoms with Crippen molar-refractivity contribution in [3.63, 3.8) is 0 Å². The summed E-state index contributed by atoms with van der Waals surface area (Å²) in [6, 6.07) is 19.0. The normalized spacial score (nSPS) is 17.5. The van der Waals surface area contributed by atoms with Crippen LogP contribution in [0.2, 0.25) is 5.02 Å². The van der Waals surface area contributed by atoms with E-state index < -0.39 is 6.04 Å². The lowest BCUT2D eigenvalue weighted by atomic mass is 9.93. The lowest BCUT2D eigenvalue weighted by molar-refractivity contribution is -0.129. The van der Waals surface area contributed by atoms with Gasteiger partial charge in [-0.25, -0.2) is 4.68 Å². The fraction of sp³-hybridized carbons (Fsp3) is 0.296. The first kappa shape index (κ1) is 27.5. The van der Waals surface area contributed by atoms with Crippen LogP contribution in [0.25, 0.3) is 16.5 Å². The molecule has 1 aliphatic heterocycles. The van der Waals surface area contributed by atoms with Crippen LogP contribution in [0.5, 0.6) is 0 Å². The minimum atomic E-state index is -0.693. The zero-order chi connectivity index (χ0) is 25.8. The Morgan fingerprint density at radius 2 is 1.95 bits per heavy atom. The van der Waals surface area contributed by atoms with Gasteiger partial charge in [-0.2, -0.15) is 0 Å². The van der Waals surface area contributed by atoms with Gasteiger partial charge in [0, 0.05) is 11.6 Å². The van der Waals surface area contributed by atoms with Crippen molar-refractivity contribution in [3.8, 4) is 5.69 Å². The van der Waals surface area contributed by atoms with E-state index in [0.29, 0.717) is 16.6 Å². The molecule has 3 N–H and O–H groups in total. The Balaban J connectivity index is 0.00000336. The number of benzene rings is 3. The molecule has 0 spiro atoms. The van der Waals surface area contributed by atoms with Crippen LogP contribution in [0.15, 0.2) is 67.0 Å². The Labute approximate surface area is 231 Å². The first-order chi connectivity index (χ1) is 18.0. The maximum absolute atomic E-state index is 12.9. The Kier molecular flexibility index (Phi) is 8.93. The summed E-state index contributed by atoms with van der Waals surface area (Å²) in [4.78, 5) is 25.7. The first-order valence-electron chi connectivity index (χ1n) is 12.3. The molecule has 4 aromatic rings. The van der Waals surface area contributed by atoms with E-state index in [1.165, 1.54) is 27.3 Å². The second-order valence-corrected chi connectivity index (χ2v) is 9.82. The van der Waals surface area contributed by atoms with Crippen molar-refractivity contribution in [1.29, 1.82) is 0 Å². The maximum Gasteiger partial charge on any atom is 0.242 e. The molecule has 0 saturated carbocycles. The third-order valence-corrected chi connectivity index (χ3v) is 7.00. The number of nitrogens with zero attached hydrogens (tertiary/aromatic N) is 4. The average molecular weight is 554 g/mol. The molecule has 0 bridgehead atoms. The van der Waals surface area contributed by atoms with Gasteiger partial charge in [-0.3, -0.25) is 9.59 Å². The number of fused-ring (bicyclic) bond motifs is 1. The Hall–Kier alpha value is -3.53. The summed E-state index contributed by atoms with van der Waals surface area (Å²) in [7, 11) is 0. The number of amides is 2. The van der Waals surface area contributed by atoms with Gasteiger partial charge in [-0.15, -0.1) is 17.5 Å². The van der Waals surface area contributed by atoms with Crippen molar-refractivity contribution < 1.29 is 9.59 Å². The molecule has 9 nitrogen and oxygen atoms in total. The van der Waals surface area contributed by atoms with Gasteiger partial charge < -0.3 is 16.0 Å². The number of hydrogen-bond donors (Lipinski definition) is 3. The van der Waals surface area contributed by atoms with Crippen LogP contribution >= 0.6 is 24.0 Å². The molecule has 38 heavy (non-hydrogen) atoms. The number of rotatable bonds is 8. The lowest BCUT2D eigenvalue weighted by Crippen LogP contribution is -2.50. The predicted molar refractivity (Wildman–Crippen MR) is 148 cm³/mol. The van der Waals surface area contributed by atoms with E-state index in [-0.39, 0.29) is 36.8 Å². The molecular formula is C27H29Cl2N7O2. The first-order valence-corrected chi connectivity index (χ1v) is 12.7. The van der Waals surface area contributed by atoms with E-state index in [1.807, 2.05) is 6.07 Å². The van der Waals surface area contributed by atoms with Gasteiger partial charge in [0.05, 0.1) is 11.7 Å². The van der Waals surface area contributed by atoms with Gasteiger partial charge in [-0.05, 0) is 82.8 Å². The summed E-state index contributed by atoms with van der Waals surface area (Å²) in [5, 5.41) is 23.3. The highest BCUT2D eigenvalue weighted by Crippen LogP contribution is 2.25. The average Bonchev–Trinajstić information content (AvgIpc) is 3.60. The number of aromatic nitrogens is 4. The van der Waals surface area contributed by atoms with Crippen LogP contribution in [0, 0.1) is 5.92 Å². The number of halogens is 2. The van der Waals surface area contributed by atoms with E-state index in [0.717, 1.165) is 24.9 Å². The number of nitrogens with one attached hydrogen (secondary N) is 3. The quantitative estimate of drug-likeness (QED) is 0.308. The number of carbonyl (C=O) groups excluding carboxylic acids is 2. The molecule has 3 atom stereocenters. The smallest absolute Gasteiger partial charge is 0.242 e. The minimum absolute atomic E-state index is 0. The third kappa shape index (κ3) is 6.30. The topological polar surface area (TPSA) is 114 Å². The van der Waals surface area contributed by atoms with Crippen LogP contribution in [-0.4, -0.2) is 50.7 Å². The van der Waals surface area contributed by atoms with E-state index >= 15 is 0 Å². The van der Waals surface area contributed by atoms with Crippen molar-refractivity contribution in [2.24, 2.45) is 5.92 Å². The maximum atomic E-state index is 12.9. The highest BCUT2D eigenvalue weighted by molar-refractivity contribution is 6.30. The molecule has 2 amide bonds. The number of hydrogen-bond acceptors (Lipinski definition) is 6. The molecule has 0 unspecified atom stereocenters. The molecule has 1 aromatic heterocycles. The van der Waals surface area contributed by atoms with Gasteiger partial charge >= 0.3 is 0 Å². The molecular weight excluding hydrogens is 525 g/mol. The van der Waals surface area contributed by atoms with Crippen LogP contribution in [0.3, 0.4) is 0 Å². The van der Waals surface area contributed by atoms with E-state index in [4.69, 9.17) is 11.6 Å². The van der Waals surface area contributed by atoms with Crippen LogP contribution < -0.4 is 16.0 Å². The van der Waals surface area contributed by atoms with Gasteiger partial charge in [0.2, 0.25) is 11.8 Å². The van der Waals surface area contributed by atoms with Crippen molar-refractivity contribution in [1.82, 2.24) is 36.2 Å². The molecule has 3 aromatic carbocycles. The molecule has 1 saturated heterocycles. The molecule has 0 radical (unpaired) electrons. The van der Waals surface area contributed by atoms with Gasteiger partial charge in [0.1, 0.15) is 12.4 Å².